The minimum absolute atomic E-state index is 0.0694. The number of nitrogens with one attached hydrogen (secondary N) is 1. The maximum Gasteiger partial charge on any atom is 0.528 e. The van der Waals surface area contributed by atoms with E-state index in [1.807, 2.05) is 0 Å². The average molecular weight is 403 g/mol. The van der Waals surface area contributed by atoms with Crippen LogP contribution in [-0.4, -0.2) is 61.0 Å². The van der Waals surface area contributed by atoms with Crippen molar-refractivity contribution in [3.05, 3.63) is 36.4 Å². The Hall–Kier alpha value is -2.91. The summed E-state index contributed by atoms with van der Waals surface area (Å²) < 4.78 is 10.2. The second-order valence-electron chi connectivity index (χ2n) is 7.66. The number of hydrogen-bond donors (Lipinski definition) is 1. The Morgan fingerprint density at radius 1 is 1.21 bits per heavy atom. The largest absolute Gasteiger partial charge is 0.528 e. The lowest BCUT2D eigenvalue weighted by Gasteiger charge is -2.27. The normalized spacial score (nSPS) is 19.9. The van der Waals surface area contributed by atoms with Gasteiger partial charge >= 0.3 is 6.16 Å². The molecule has 9 heteroatoms. The second-order valence-corrected chi connectivity index (χ2v) is 7.66. The lowest BCUT2D eigenvalue weighted by atomic mass is 10.2. The van der Waals surface area contributed by atoms with Gasteiger partial charge in [0.25, 0.3) is 5.91 Å². The highest BCUT2D eigenvalue weighted by molar-refractivity contribution is 5.97. The van der Waals surface area contributed by atoms with E-state index < -0.39 is 17.8 Å². The van der Waals surface area contributed by atoms with Gasteiger partial charge in [-0.2, -0.15) is 0 Å². The number of nitrogens with zero attached hydrogens (tertiary/aromatic N) is 2. The van der Waals surface area contributed by atoms with Gasteiger partial charge in [0, 0.05) is 17.9 Å². The van der Waals surface area contributed by atoms with Crippen LogP contribution in [0.3, 0.4) is 0 Å². The Bertz CT molecular complexity index is 799. The summed E-state index contributed by atoms with van der Waals surface area (Å²) in [6.07, 6.45) is 2.53. The summed E-state index contributed by atoms with van der Waals surface area (Å²) in [5.41, 5.74) is 0.620. The highest BCUT2D eigenvalue weighted by Crippen LogP contribution is 2.21. The number of carbonyl (C=O) groups is 3. The number of hydroxylamine groups is 2. The third-order valence-corrected chi connectivity index (χ3v) is 4.20. The molecular weight excluding hydrogens is 378 g/mol. The van der Waals surface area contributed by atoms with E-state index in [4.69, 9.17) is 14.3 Å². The molecule has 0 bridgehead atoms. The summed E-state index contributed by atoms with van der Waals surface area (Å²) in [7, 11) is 0. The minimum atomic E-state index is -0.862. The van der Waals surface area contributed by atoms with Crippen LogP contribution in [0.15, 0.2) is 36.4 Å². The Kier molecular flexibility index (Phi) is 6.19. The first-order chi connectivity index (χ1) is 13.7. The van der Waals surface area contributed by atoms with Crippen LogP contribution in [-0.2, 0) is 23.9 Å². The van der Waals surface area contributed by atoms with E-state index in [1.165, 1.54) is 5.06 Å². The number of rotatable bonds is 4. The molecule has 1 aromatic carbocycles. The zero-order valence-electron chi connectivity index (χ0n) is 16.7. The highest BCUT2D eigenvalue weighted by atomic mass is 16.8. The summed E-state index contributed by atoms with van der Waals surface area (Å²) in [6.45, 7) is 6.54. The Morgan fingerprint density at radius 3 is 2.59 bits per heavy atom. The molecule has 1 fully saturated rings. The van der Waals surface area contributed by atoms with Gasteiger partial charge in [-0.3, -0.25) is 9.59 Å². The van der Waals surface area contributed by atoms with E-state index in [2.05, 4.69) is 5.32 Å². The van der Waals surface area contributed by atoms with E-state index in [0.29, 0.717) is 18.8 Å². The first-order valence-corrected chi connectivity index (χ1v) is 9.36. The fraction of sp³-hybridized carbons (Fsp3) is 0.450. The van der Waals surface area contributed by atoms with Crippen molar-refractivity contribution in [2.75, 3.05) is 36.5 Å². The Morgan fingerprint density at radius 2 is 1.93 bits per heavy atom. The summed E-state index contributed by atoms with van der Waals surface area (Å²) >= 11 is 0. The van der Waals surface area contributed by atoms with Gasteiger partial charge in [-0.15, -0.1) is 5.06 Å². The molecule has 0 aliphatic carbocycles. The standard InChI is InChI=1S/C20H25N3O6/c1-20(2,3)28-19(26)29-23-10-4-5-16(23)18(25)21-14-6-8-15(9-7-14)22-11-12-27-13-17(22)24/h4-9,16H,10-13H2,1-3H3,(H,21,25)/t16-/m1/s1. The van der Waals surface area contributed by atoms with E-state index in [1.54, 1.807) is 62.1 Å². The zero-order valence-corrected chi connectivity index (χ0v) is 16.7. The van der Waals surface area contributed by atoms with Crippen molar-refractivity contribution in [1.29, 1.82) is 0 Å². The number of ether oxygens (including phenoxy) is 2. The van der Waals surface area contributed by atoms with Crippen LogP contribution in [0, 0.1) is 0 Å². The molecule has 1 N–H and O–H groups in total. The molecule has 1 saturated heterocycles. The predicted molar refractivity (Wildman–Crippen MR) is 105 cm³/mol. The van der Waals surface area contributed by atoms with Crippen LogP contribution in [0.4, 0.5) is 16.2 Å². The monoisotopic (exact) mass is 403 g/mol. The maximum absolute atomic E-state index is 12.6. The van der Waals surface area contributed by atoms with Crippen LogP contribution in [0.1, 0.15) is 20.8 Å². The molecule has 2 aliphatic rings. The molecular formula is C20H25N3O6. The van der Waals surface area contributed by atoms with Crippen LogP contribution in [0.25, 0.3) is 0 Å². The van der Waals surface area contributed by atoms with Gasteiger partial charge in [-0.1, -0.05) is 12.2 Å². The molecule has 1 atom stereocenters. The van der Waals surface area contributed by atoms with Gasteiger partial charge in [0.05, 0.1) is 13.2 Å². The summed E-state index contributed by atoms with van der Waals surface area (Å²) in [5.74, 6) is -0.448. The van der Waals surface area contributed by atoms with Gasteiger partial charge in [-0.25, -0.2) is 4.79 Å². The van der Waals surface area contributed by atoms with Crippen molar-refractivity contribution in [1.82, 2.24) is 5.06 Å². The molecule has 29 heavy (non-hydrogen) atoms. The predicted octanol–water partition coefficient (Wildman–Crippen LogP) is 2.10. The first-order valence-electron chi connectivity index (χ1n) is 9.36. The quantitative estimate of drug-likeness (QED) is 0.607. The van der Waals surface area contributed by atoms with Crippen LogP contribution < -0.4 is 10.2 Å². The van der Waals surface area contributed by atoms with Gasteiger partial charge in [0.1, 0.15) is 18.2 Å². The SMILES string of the molecule is CC(C)(C)OC(=O)ON1CC=C[C@@H]1C(=O)Nc1ccc(N2CCOCC2=O)cc1. The molecule has 0 aromatic heterocycles. The number of anilines is 2. The molecule has 1 aromatic rings. The lowest BCUT2D eigenvalue weighted by molar-refractivity contribution is -0.156. The van der Waals surface area contributed by atoms with Crippen LogP contribution in [0.2, 0.25) is 0 Å². The van der Waals surface area contributed by atoms with Crippen LogP contribution >= 0.6 is 0 Å². The molecule has 0 unspecified atom stereocenters. The van der Waals surface area contributed by atoms with Crippen molar-refractivity contribution < 1.29 is 28.7 Å². The second kappa shape index (κ2) is 8.62. The van der Waals surface area contributed by atoms with Crippen molar-refractivity contribution in [3.63, 3.8) is 0 Å². The molecule has 0 radical (unpaired) electrons. The zero-order chi connectivity index (χ0) is 21.0. The first kappa shape index (κ1) is 20.8. The molecule has 2 heterocycles. The van der Waals surface area contributed by atoms with Crippen LogP contribution in [0.5, 0.6) is 0 Å². The van der Waals surface area contributed by atoms with Crippen molar-refractivity contribution in [2.45, 2.75) is 32.4 Å². The number of morpholine rings is 1. The molecule has 2 aliphatic heterocycles. The van der Waals surface area contributed by atoms with Crippen molar-refractivity contribution in [2.24, 2.45) is 0 Å². The topological polar surface area (TPSA) is 97.4 Å². The number of amides is 2. The molecule has 0 spiro atoms. The van der Waals surface area contributed by atoms with Gasteiger partial charge in [-0.05, 0) is 45.0 Å². The maximum atomic E-state index is 12.6. The number of carbonyl (C=O) groups excluding carboxylic acids is 3. The smallest absolute Gasteiger partial charge is 0.427 e. The van der Waals surface area contributed by atoms with Gasteiger partial charge < -0.3 is 24.5 Å². The third kappa shape index (κ3) is 5.55. The Balaban J connectivity index is 1.58. The Labute approximate surface area is 169 Å². The number of hydrogen-bond acceptors (Lipinski definition) is 7. The van der Waals surface area contributed by atoms with E-state index >= 15 is 0 Å². The van der Waals surface area contributed by atoms with E-state index in [-0.39, 0.29) is 25.0 Å². The third-order valence-electron chi connectivity index (χ3n) is 4.20. The van der Waals surface area contributed by atoms with E-state index in [9.17, 15) is 14.4 Å². The molecule has 9 nitrogen and oxygen atoms in total. The summed E-state index contributed by atoms with van der Waals surface area (Å²) in [6, 6.07) is 6.20. The van der Waals surface area contributed by atoms with E-state index in [0.717, 1.165) is 5.69 Å². The highest BCUT2D eigenvalue weighted by Gasteiger charge is 2.32. The average Bonchev–Trinajstić information content (AvgIpc) is 3.09. The molecule has 2 amide bonds. The fourth-order valence-corrected chi connectivity index (χ4v) is 2.91. The minimum Gasteiger partial charge on any atom is -0.427 e. The summed E-state index contributed by atoms with van der Waals surface area (Å²) in [4.78, 5) is 43.2. The van der Waals surface area contributed by atoms with Crippen molar-refractivity contribution >= 4 is 29.3 Å². The van der Waals surface area contributed by atoms with Gasteiger partial charge in [0.2, 0.25) is 5.91 Å². The fourth-order valence-electron chi connectivity index (χ4n) is 2.91. The van der Waals surface area contributed by atoms with Gasteiger partial charge in [0.15, 0.2) is 0 Å². The molecule has 3 rings (SSSR count). The lowest BCUT2D eigenvalue weighted by Crippen LogP contribution is -2.42. The van der Waals surface area contributed by atoms with Crippen molar-refractivity contribution in [3.8, 4) is 0 Å². The summed E-state index contributed by atoms with van der Waals surface area (Å²) in [5, 5.41) is 4.04. The number of benzene rings is 1. The molecule has 0 saturated carbocycles. The molecule has 156 valence electrons.